The predicted octanol–water partition coefficient (Wildman–Crippen LogP) is 1.72. The number of nitrogens with zero attached hydrogens (tertiary/aromatic N) is 2. The molecule has 1 unspecified atom stereocenters. The minimum absolute atomic E-state index is 0.290. The lowest BCUT2D eigenvalue weighted by Gasteiger charge is -2.21. The van der Waals surface area contributed by atoms with Crippen LogP contribution in [0.3, 0.4) is 0 Å². The number of hydrogen-bond donors (Lipinski definition) is 1. The highest BCUT2D eigenvalue weighted by Crippen LogP contribution is 2.19. The summed E-state index contributed by atoms with van der Waals surface area (Å²) in [6.07, 6.45) is 8.01. The van der Waals surface area contributed by atoms with E-state index in [0.717, 1.165) is 50.7 Å². The number of hydrogen-bond acceptors (Lipinski definition) is 5. The molecule has 1 aromatic heterocycles. The molecule has 1 N–H and O–H groups in total. The molecule has 19 heavy (non-hydrogen) atoms. The molecule has 2 aliphatic heterocycles. The van der Waals surface area contributed by atoms with Gasteiger partial charge in [-0.3, -0.25) is 0 Å². The van der Waals surface area contributed by atoms with Crippen molar-refractivity contribution in [2.45, 2.75) is 51.0 Å². The number of aromatic nitrogens is 2. The monoisotopic (exact) mass is 265 g/mol. The summed E-state index contributed by atoms with van der Waals surface area (Å²) in [7, 11) is 0. The highest BCUT2D eigenvalue weighted by molar-refractivity contribution is 4.91. The fourth-order valence-corrected chi connectivity index (χ4v) is 2.96. The third-order valence-electron chi connectivity index (χ3n) is 4.12. The van der Waals surface area contributed by atoms with Crippen molar-refractivity contribution in [3.8, 4) is 0 Å². The van der Waals surface area contributed by atoms with Crippen molar-refractivity contribution in [1.82, 2.24) is 15.5 Å². The molecule has 0 bridgehead atoms. The molecule has 0 saturated carbocycles. The van der Waals surface area contributed by atoms with Crippen LogP contribution >= 0.6 is 0 Å². The second-order valence-corrected chi connectivity index (χ2v) is 5.69. The summed E-state index contributed by atoms with van der Waals surface area (Å²) in [6.45, 7) is 3.10. The highest BCUT2D eigenvalue weighted by Gasteiger charge is 2.20. The molecule has 1 aromatic rings. The lowest BCUT2D eigenvalue weighted by molar-refractivity contribution is 0.0153. The third-order valence-corrected chi connectivity index (χ3v) is 4.12. The van der Waals surface area contributed by atoms with Crippen molar-refractivity contribution in [2.75, 3.05) is 19.7 Å². The number of ether oxygens (including phenoxy) is 1. The van der Waals surface area contributed by atoms with Gasteiger partial charge in [-0.1, -0.05) is 5.16 Å². The van der Waals surface area contributed by atoms with Crippen LogP contribution in [0.15, 0.2) is 4.52 Å². The second kappa shape index (κ2) is 6.48. The molecule has 1 atom stereocenters. The van der Waals surface area contributed by atoms with E-state index in [1.165, 1.54) is 25.7 Å². The molecule has 0 aliphatic carbocycles. The minimum Gasteiger partial charge on any atom is -0.378 e. The molecule has 0 aromatic carbocycles. The molecule has 2 aliphatic rings. The van der Waals surface area contributed by atoms with Gasteiger partial charge in [0.2, 0.25) is 5.89 Å². The van der Waals surface area contributed by atoms with Gasteiger partial charge in [-0.15, -0.1) is 0 Å². The molecule has 5 nitrogen and oxygen atoms in total. The van der Waals surface area contributed by atoms with E-state index in [1.807, 2.05) is 0 Å². The summed E-state index contributed by atoms with van der Waals surface area (Å²) in [5, 5.41) is 7.47. The lowest BCUT2D eigenvalue weighted by Crippen LogP contribution is -2.28. The van der Waals surface area contributed by atoms with Gasteiger partial charge in [-0.2, -0.15) is 4.98 Å². The first-order valence-electron chi connectivity index (χ1n) is 7.54. The molecule has 0 spiro atoms. The Labute approximate surface area is 114 Å². The highest BCUT2D eigenvalue weighted by atomic mass is 16.5. The smallest absolute Gasteiger partial charge is 0.226 e. The van der Waals surface area contributed by atoms with Gasteiger partial charge in [0.1, 0.15) is 0 Å². The molecule has 3 heterocycles. The van der Waals surface area contributed by atoms with Crippen LogP contribution < -0.4 is 5.32 Å². The molecular weight excluding hydrogens is 242 g/mol. The van der Waals surface area contributed by atoms with Crippen molar-refractivity contribution in [2.24, 2.45) is 5.92 Å². The standard InChI is InChI=1S/C14H23N3O2/c1-2-8-18-12(3-1)10-13-16-14(19-17-13)9-11-4-6-15-7-5-11/h11-12,15H,1-10H2. The predicted molar refractivity (Wildman–Crippen MR) is 70.9 cm³/mol. The fourth-order valence-electron chi connectivity index (χ4n) is 2.96. The van der Waals surface area contributed by atoms with Crippen LogP contribution in [-0.2, 0) is 17.6 Å². The summed E-state index contributed by atoms with van der Waals surface area (Å²) in [4.78, 5) is 4.52. The van der Waals surface area contributed by atoms with Crippen LogP contribution in [0.5, 0.6) is 0 Å². The first-order valence-corrected chi connectivity index (χ1v) is 7.54. The normalized spacial score (nSPS) is 25.6. The summed E-state index contributed by atoms with van der Waals surface area (Å²) in [5.41, 5.74) is 0. The summed E-state index contributed by atoms with van der Waals surface area (Å²) in [6, 6.07) is 0. The van der Waals surface area contributed by atoms with E-state index in [9.17, 15) is 0 Å². The quantitative estimate of drug-likeness (QED) is 0.898. The zero-order valence-corrected chi connectivity index (χ0v) is 11.4. The van der Waals surface area contributed by atoms with Crippen LogP contribution in [0.25, 0.3) is 0 Å². The SMILES string of the molecule is C1CCC(Cc2noc(CC3CCNCC3)n2)OC1. The second-order valence-electron chi connectivity index (χ2n) is 5.69. The van der Waals surface area contributed by atoms with Crippen LogP contribution in [0.1, 0.15) is 43.8 Å². The number of piperidine rings is 1. The Kier molecular flexibility index (Phi) is 4.45. The van der Waals surface area contributed by atoms with Gasteiger partial charge in [0, 0.05) is 19.4 Å². The van der Waals surface area contributed by atoms with Crippen molar-refractivity contribution >= 4 is 0 Å². The first kappa shape index (κ1) is 13.1. The van der Waals surface area contributed by atoms with Crippen molar-refractivity contribution in [1.29, 1.82) is 0 Å². The van der Waals surface area contributed by atoms with Crippen LogP contribution in [0, 0.1) is 5.92 Å². The Balaban J connectivity index is 1.50. The average Bonchev–Trinajstić information content (AvgIpc) is 2.88. The zero-order chi connectivity index (χ0) is 12.9. The van der Waals surface area contributed by atoms with Gasteiger partial charge in [0.05, 0.1) is 6.10 Å². The fraction of sp³-hybridized carbons (Fsp3) is 0.857. The van der Waals surface area contributed by atoms with Gasteiger partial charge in [0.25, 0.3) is 0 Å². The molecule has 2 fully saturated rings. The summed E-state index contributed by atoms with van der Waals surface area (Å²) >= 11 is 0. The van der Waals surface area contributed by atoms with Crippen LogP contribution in [0.2, 0.25) is 0 Å². The maximum Gasteiger partial charge on any atom is 0.226 e. The molecule has 0 radical (unpaired) electrons. The van der Waals surface area contributed by atoms with E-state index in [1.54, 1.807) is 0 Å². The summed E-state index contributed by atoms with van der Waals surface area (Å²) < 4.78 is 11.1. The molecule has 3 rings (SSSR count). The Hall–Kier alpha value is -0.940. The maximum absolute atomic E-state index is 5.71. The molecule has 5 heteroatoms. The summed E-state index contributed by atoms with van der Waals surface area (Å²) in [5.74, 6) is 2.31. The van der Waals surface area contributed by atoms with E-state index in [2.05, 4.69) is 15.5 Å². The van der Waals surface area contributed by atoms with E-state index in [0.29, 0.717) is 5.92 Å². The number of nitrogens with one attached hydrogen (secondary N) is 1. The van der Waals surface area contributed by atoms with Gasteiger partial charge >= 0.3 is 0 Å². The number of rotatable bonds is 4. The Morgan fingerprint density at radius 1 is 1.11 bits per heavy atom. The minimum atomic E-state index is 0.290. The Morgan fingerprint density at radius 2 is 2.00 bits per heavy atom. The first-order chi connectivity index (χ1) is 9.40. The Bertz CT molecular complexity index is 347. The molecular formula is C14H23N3O2. The van der Waals surface area contributed by atoms with Gasteiger partial charge in [0.15, 0.2) is 5.82 Å². The van der Waals surface area contributed by atoms with Gasteiger partial charge in [-0.05, 0) is 51.1 Å². The largest absolute Gasteiger partial charge is 0.378 e. The van der Waals surface area contributed by atoms with Gasteiger partial charge in [-0.25, -0.2) is 0 Å². The van der Waals surface area contributed by atoms with E-state index in [4.69, 9.17) is 9.26 Å². The van der Waals surface area contributed by atoms with Crippen molar-refractivity contribution in [3.63, 3.8) is 0 Å². The van der Waals surface area contributed by atoms with Crippen LogP contribution in [0.4, 0.5) is 0 Å². The Morgan fingerprint density at radius 3 is 2.79 bits per heavy atom. The topological polar surface area (TPSA) is 60.2 Å². The van der Waals surface area contributed by atoms with E-state index >= 15 is 0 Å². The zero-order valence-electron chi connectivity index (χ0n) is 11.4. The van der Waals surface area contributed by atoms with Crippen LogP contribution in [-0.4, -0.2) is 35.9 Å². The molecule has 106 valence electrons. The van der Waals surface area contributed by atoms with Crippen molar-refractivity contribution < 1.29 is 9.26 Å². The maximum atomic E-state index is 5.71. The molecule has 0 amide bonds. The molecule has 2 saturated heterocycles. The van der Waals surface area contributed by atoms with Crippen molar-refractivity contribution in [3.05, 3.63) is 11.7 Å². The van der Waals surface area contributed by atoms with E-state index < -0.39 is 0 Å². The van der Waals surface area contributed by atoms with E-state index in [-0.39, 0.29) is 6.10 Å². The third kappa shape index (κ3) is 3.76. The lowest BCUT2D eigenvalue weighted by atomic mass is 9.95. The van der Waals surface area contributed by atoms with Gasteiger partial charge < -0.3 is 14.6 Å². The average molecular weight is 265 g/mol.